The molecule has 0 radical (unpaired) electrons. The summed E-state index contributed by atoms with van der Waals surface area (Å²) in [4.78, 5) is 11.0. The Morgan fingerprint density at radius 3 is 2.60 bits per heavy atom. The number of nitriles is 1. The van der Waals surface area contributed by atoms with Crippen molar-refractivity contribution in [3.05, 3.63) is 30.1 Å². The molecule has 78 valence electrons. The number of carbonyl (C=O) groups is 1. The zero-order chi connectivity index (χ0) is 11.3. The van der Waals surface area contributed by atoms with Gasteiger partial charge in [0.15, 0.2) is 0 Å². The van der Waals surface area contributed by atoms with Gasteiger partial charge >= 0.3 is 5.97 Å². The minimum atomic E-state index is -1.08. The average Bonchev–Trinajstić information content (AvgIpc) is 2.27. The molecule has 0 aliphatic carbocycles. The SMILES string of the molecule is COC(=O)C(C#N)Nc1ccc(F)cc1. The first-order valence-corrected chi connectivity index (χ1v) is 4.17. The van der Waals surface area contributed by atoms with Crippen LogP contribution in [0.4, 0.5) is 10.1 Å². The Hall–Kier alpha value is -2.09. The Kier molecular flexibility index (Phi) is 3.63. The molecule has 1 aromatic rings. The fourth-order valence-electron chi connectivity index (χ4n) is 0.975. The van der Waals surface area contributed by atoms with E-state index in [-0.39, 0.29) is 5.82 Å². The van der Waals surface area contributed by atoms with E-state index < -0.39 is 12.0 Å². The molecule has 0 aromatic heterocycles. The minimum absolute atomic E-state index is 0.382. The second kappa shape index (κ2) is 4.96. The van der Waals surface area contributed by atoms with Gasteiger partial charge in [-0.15, -0.1) is 0 Å². The first-order valence-electron chi connectivity index (χ1n) is 4.17. The number of ether oxygens (including phenoxy) is 1. The van der Waals surface area contributed by atoms with Crippen LogP contribution in [-0.4, -0.2) is 19.1 Å². The van der Waals surface area contributed by atoms with Crippen LogP contribution in [-0.2, 0) is 9.53 Å². The van der Waals surface area contributed by atoms with Crippen molar-refractivity contribution >= 4 is 11.7 Å². The molecule has 4 nitrogen and oxygen atoms in total. The number of halogens is 1. The summed E-state index contributed by atoms with van der Waals surface area (Å²) >= 11 is 0. The van der Waals surface area contributed by atoms with Crippen LogP contribution < -0.4 is 5.32 Å². The largest absolute Gasteiger partial charge is 0.467 e. The number of methoxy groups -OCH3 is 1. The normalized spacial score (nSPS) is 11.3. The van der Waals surface area contributed by atoms with Gasteiger partial charge in [-0.2, -0.15) is 5.26 Å². The average molecular weight is 208 g/mol. The van der Waals surface area contributed by atoms with Gasteiger partial charge in [0.25, 0.3) is 0 Å². The summed E-state index contributed by atoms with van der Waals surface area (Å²) in [5.41, 5.74) is 0.480. The number of hydrogen-bond acceptors (Lipinski definition) is 4. The van der Waals surface area contributed by atoms with Crippen LogP contribution >= 0.6 is 0 Å². The molecule has 0 aliphatic heterocycles. The molecule has 0 spiro atoms. The third-order valence-corrected chi connectivity index (χ3v) is 1.72. The maximum absolute atomic E-state index is 12.5. The van der Waals surface area contributed by atoms with E-state index in [1.807, 2.05) is 0 Å². The molecule has 1 N–H and O–H groups in total. The van der Waals surface area contributed by atoms with Crippen molar-refractivity contribution < 1.29 is 13.9 Å². The van der Waals surface area contributed by atoms with E-state index in [1.54, 1.807) is 6.07 Å². The summed E-state index contributed by atoms with van der Waals surface area (Å²) in [6.07, 6.45) is 0. The van der Waals surface area contributed by atoms with E-state index >= 15 is 0 Å². The lowest BCUT2D eigenvalue weighted by molar-refractivity contribution is -0.140. The highest BCUT2D eigenvalue weighted by atomic mass is 19.1. The summed E-state index contributed by atoms with van der Waals surface area (Å²) in [7, 11) is 1.19. The molecule has 1 aromatic carbocycles. The number of nitrogens with one attached hydrogen (secondary N) is 1. The minimum Gasteiger partial charge on any atom is -0.467 e. The van der Waals surface area contributed by atoms with Crippen molar-refractivity contribution in [1.82, 2.24) is 0 Å². The van der Waals surface area contributed by atoms with Crippen molar-refractivity contribution in [3.8, 4) is 6.07 Å². The molecule has 1 atom stereocenters. The molecule has 0 aliphatic rings. The third-order valence-electron chi connectivity index (χ3n) is 1.72. The molecule has 0 amide bonds. The predicted octanol–water partition coefficient (Wildman–Crippen LogP) is 1.30. The van der Waals surface area contributed by atoms with Gasteiger partial charge in [-0.1, -0.05) is 0 Å². The quantitative estimate of drug-likeness (QED) is 0.760. The number of nitrogens with zero attached hydrogens (tertiary/aromatic N) is 1. The van der Waals surface area contributed by atoms with E-state index in [0.717, 1.165) is 0 Å². The topological polar surface area (TPSA) is 62.1 Å². The Bertz CT molecular complexity index is 383. The summed E-state index contributed by atoms with van der Waals surface area (Å²) in [5.74, 6) is -1.06. The highest BCUT2D eigenvalue weighted by molar-refractivity contribution is 5.82. The third kappa shape index (κ3) is 2.95. The number of rotatable bonds is 3. The van der Waals surface area contributed by atoms with E-state index in [0.29, 0.717) is 5.69 Å². The Balaban J connectivity index is 2.72. The molecule has 0 saturated heterocycles. The number of hydrogen-bond donors (Lipinski definition) is 1. The zero-order valence-electron chi connectivity index (χ0n) is 8.03. The van der Waals surface area contributed by atoms with Crippen LogP contribution in [0.2, 0.25) is 0 Å². The van der Waals surface area contributed by atoms with Crippen molar-refractivity contribution in [3.63, 3.8) is 0 Å². The van der Waals surface area contributed by atoms with Crippen molar-refractivity contribution in [2.24, 2.45) is 0 Å². The van der Waals surface area contributed by atoms with Crippen molar-refractivity contribution in [1.29, 1.82) is 5.26 Å². The van der Waals surface area contributed by atoms with Crippen LogP contribution in [0.15, 0.2) is 24.3 Å². The fraction of sp³-hybridized carbons (Fsp3) is 0.200. The molecule has 0 heterocycles. The molecule has 1 unspecified atom stereocenters. The summed E-state index contributed by atoms with van der Waals surface area (Å²) in [6.45, 7) is 0. The first kappa shape index (κ1) is 11.0. The molecule has 0 saturated carbocycles. The predicted molar refractivity (Wildman–Crippen MR) is 51.4 cm³/mol. The number of esters is 1. The van der Waals surface area contributed by atoms with Gasteiger partial charge in [-0.3, -0.25) is 0 Å². The number of anilines is 1. The molecular weight excluding hydrogens is 199 g/mol. The molecule has 15 heavy (non-hydrogen) atoms. The number of carbonyl (C=O) groups excluding carboxylic acids is 1. The lowest BCUT2D eigenvalue weighted by Gasteiger charge is -2.10. The van der Waals surface area contributed by atoms with E-state index in [2.05, 4.69) is 10.1 Å². The van der Waals surface area contributed by atoms with Gasteiger partial charge in [0, 0.05) is 5.69 Å². The summed E-state index contributed by atoms with van der Waals surface area (Å²) in [5, 5.41) is 11.3. The van der Waals surface area contributed by atoms with Gasteiger partial charge in [-0.25, -0.2) is 9.18 Å². The maximum Gasteiger partial charge on any atom is 0.343 e. The van der Waals surface area contributed by atoms with Gasteiger partial charge in [0.05, 0.1) is 13.2 Å². The molecular formula is C10H9FN2O2. The van der Waals surface area contributed by atoms with Gasteiger partial charge in [0.1, 0.15) is 5.82 Å². The van der Waals surface area contributed by atoms with Crippen LogP contribution in [0.5, 0.6) is 0 Å². The summed E-state index contributed by atoms with van der Waals surface area (Å²) < 4.78 is 16.9. The standard InChI is InChI=1S/C10H9FN2O2/c1-15-10(14)9(6-12)13-8-4-2-7(11)3-5-8/h2-5,9,13H,1H3. The monoisotopic (exact) mass is 208 g/mol. The smallest absolute Gasteiger partial charge is 0.343 e. The van der Waals surface area contributed by atoms with Crippen LogP contribution in [0.1, 0.15) is 0 Å². The highest BCUT2D eigenvalue weighted by Gasteiger charge is 2.17. The lowest BCUT2D eigenvalue weighted by atomic mass is 10.2. The van der Waals surface area contributed by atoms with Gasteiger partial charge in [0.2, 0.25) is 6.04 Å². The second-order valence-corrected chi connectivity index (χ2v) is 2.74. The summed E-state index contributed by atoms with van der Waals surface area (Å²) in [6, 6.07) is 5.98. The fourth-order valence-corrected chi connectivity index (χ4v) is 0.975. The van der Waals surface area contributed by atoms with Crippen molar-refractivity contribution in [2.45, 2.75) is 6.04 Å². The molecule has 1 rings (SSSR count). The Morgan fingerprint density at radius 2 is 2.13 bits per heavy atom. The van der Waals surface area contributed by atoms with Crippen LogP contribution in [0.3, 0.4) is 0 Å². The first-order chi connectivity index (χ1) is 7.17. The van der Waals surface area contributed by atoms with Crippen LogP contribution in [0, 0.1) is 17.1 Å². The van der Waals surface area contributed by atoms with Crippen molar-refractivity contribution in [2.75, 3.05) is 12.4 Å². The van der Waals surface area contributed by atoms with Crippen LogP contribution in [0.25, 0.3) is 0 Å². The Morgan fingerprint density at radius 1 is 1.53 bits per heavy atom. The lowest BCUT2D eigenvalue weighted by Crippen LogP contribution is -2.28. The Labute approximate surface area is 86.3 Å². The van der Waals surface area contributed by atoms with Gasteiger partial charge < -0.3 is 10.1 Å². The second-order valence-electron chi connectivity index (χ2n) is 2.74. The molecule has 0 bridgehead atoms. The van der Waals surface area contributed by atoms with E-state index in [1.165, 1.54) is 31.4 Å². The maximum atomic E-state index is 12.5. The molecule has 5 heteroatoms. The number of benzene rings is 1. The van der Waals surface area contributed by atoms with Gasteiger partial charge in [-0.05, 0) is 24.3 Å². The zero-order valence-corrected chi connectivity index (χ0v) is 8.03. The highest BCUT2D eigenvalue weighted by Crippen LogP contribution is 2.09. The molecule has 0 fully saturated rings. The van der Waals surface area contributed by atoms with E-state index in [9.17, 15) is 9.18 Å². The van der Waals surface area contributed by atoms with E-state index in [4.69, 9.17) is 5.26 Å².